The Morgan fingerprint density at radius 1 is 1.04 bits per heavy atom. The summed E-state index contributed by atoms with van der Waals surface area (Å²) in [4.78, 5) is 17.3. The van der Waals surface area contributed by atoms with E-state index >= 15 is 0 Å². The number of non-ortho nitro benzene ring substituents is 1. The van der Waals surface area contributed by atoms with Crippen molar-refractivity contribution in [1.29, 1.82) is 0 Å². The number of anilines is 1. The third kappa shape index (κ3) is 3.25. The zero-order chi connectivity index (χ0) is 18.8. The molecule has 0 saturated carbocycles. The highest BCUT2D eigenvalue weighted by Crippen LogP contribution is 2.34. The maximum absolute atomic E-state index is 11.0. The van der Waals surface area contributed by atoms with Crippen LogP contribution in [0.1, 0.15) is 22.9 Å². The Kier molecular flexibility index (Phi) is 4.30. The molecule has 6 heteroatoms. The minimum Gasteiger partial charge on any atom is -0.358 e. The molecule has 0 bridgehead atoms. The van der Waals surface area contributed by atoms with Crippen LogP contribution in [0.2, 0.25) is 0 Å². The van der Waals surface area contributed by atoms with E-state index < -0.39 is 0 Å². The van der Waals surface area contributed by atoms with E-state index in [0.29, 0.717) is 0 Å². The van der Waals surface area contributed by atoms with Gasteiger partial charge in [0.15, 0.2) is 0 Å². The number of pyridine rings is 1. The van der Waals surface area contributed by atoms with Crippen molar-refractivity contribution in [3.63, 3.8) is 0 Å². The van der Waals surface area contributed by atoms with E-state index in [1.807, 2.05) is 49.5 Å². The van der Waals surface area contributed by atoms with Crippen molar-refractivity contribution >= 4 is 22.4 Å². The average molecular weight is 359 g/mol. The van der Waals surface area contributed by atoms with Gasteiger partial charge in [-0.25, -0.2) is 4.98 Å². The van der Waals surface area contributed by atoms with Crippen molar-refractivity contribution in [2.45, 2.75) is 13.0 Å². The molecule has 2 heterocycles. The van der Waals surface area contributed by atoms with Crippen LogP contribution in [0.5, 0.6) is 0 Å². The van der Waals surface area contributed by atoms with Crippen molar-refractivity contribution in [2.24, 2.45) is 0 Å². The first-order valence-electron chi connectivity index (χ1n) is 8.68. The summed E-state index contributed by atoms with van der Waals surface area (Å²) in [7, 11) is 0. The van der Waals surface area contributed by atoms with Crippen LogP contribution in [0.15, 0.2) is 72.9 Å². The Labute approximate surface area is 156 Å². The van der Waals surface area contributed by atoms with E-state index in [9.17, 15) is 10.1 Å². The maximum Gasteiger partial charge on any atom is 0.272 e. The molecule has 4 aromatic rings. The summed E-state index contributed by atoms with van der Waals surface area (Å²) in [5.74, 6) is 0.866. The first kappa shape index (κ1) is 16.8. The Morgan fingerprint density at radius 3 is 2.48 bits per heavy atom. The molecule has 0 unspecified atom stereocenters. The summed E-state index contributed by atoms with van der Waals surface area (Å²) < 4.78 is 0. The molecule has 0 radical (unpaired) electrons. The smallest absolute Gasteiger partial charge is 0.272 e. The molecular weight excluding hydrogens is 340 g/mol. The molecule has 0 aliphatic heterocycles. The third-order valence-corrected chi connectivity index (χ3v) is 4.68. The molecule has 2 aromatic heterocycles. The van der Waals surface area contributed by atoms with Crippen LogP contribution < -0.4 is 10.3 Å². The van der Waals surface area contributed by atoms with Gasteiger partial charge in [-0.2, -0.15) is 0 Å². The fourth-order valence-electron chi connectivity index (χ4n) is 3.42. The lowest BCUT2D eigenvalue weighted by molar-refractivity contribution is -0.384. The van der Waals surface area contributed by atoms with Gasteiger partial charge in [0, 0.05) is 45.9 Å². The number of aromatic amines is 2. The van der Waals surface area contributed by atoms with Crippen LogP contribution in [-0.2, 0) is 0 Å². The molecule has 6 nitrogen and oxygen atoms in total. The normalized spacial score (nSPS) is 12.0. The molecule has 2 aromatic carbocycles. The van der Waals surface area contributed by atoms with Crippen molar-refractivity contribution in [3.8, 4) is 0 Å². The second kappa shape index (κ2) is 6.92. The Hall–Kier alpha value is -3.67. The van der Waals surface area contributed by atoms with Crippen LogP contribution in [0.4, 0.5) is 11.5 Å². The van der Waals surface area contributed by atoms with E-state index in [4.69, 9.17) is 0 Å². The third-order valence-electron chi connectivity index (χ3n) is 4.68. The van der Waals surface area contributed by atoms with Gasteiger partial charge in [0.25, 0.3) is 11.5 Å². The minimum absolute atomic E-state index is 0.0828. The molecule has 0 spiro atoms. The van der Waals surface area contributed by atoms with Crippen LogP contribution in [0.25, 0.3) is 10.9 Å². The average Bonchev–Trinajstić information content (AvgIpc) is 3.02. The molecule has 0 fully saturated rings. The lowest BCUT2D eigenvalue weighted by Gasteiger charge is -2.16. The number of aromatic nitrogens is 2. The summed E-state index contributed by atoms with van der Waals surface area (Å²) in [6, 6.07) is 20.5. The monoisotopic (exact) mass is 359 g/mol. The molecule has 1 atom stereocenters. The molecule has 0 amide bonds. The van der Waals surface area contributed by atoms with Gasteiger partial charge in [0.1, 0.15) is 6.04 Å². The van der Waals surface area contributed by atoms with Gasteiger partial charge < -0.3 is 4.98 Å². The SMILES string of the molecule is Cc1[nH]c2ccccc2c1[C@H](Nc1cccc[nH+]1)c1ccc([N+](=O)[O-])cc1. The van der Waals surface area contributed by atoms with E-state index in [1.165, 1.54) is 0 Å². The number of para-hydroxylation sites is 1. The second-order valence-corrected chi connectivity index (χ2v) is 6.41. The van der Waals surface area contributed by atoms with Crippen molar-refractivity contribution in [1.82, 2.24) is 4.98 Å². The lowest BCUT2D eigenvalue weighted by atomic mass is 9.95. The minimum atomic E-state index is -0.381. The zero-order valence-corrected chi connectivity index (χ0v) is 14.8. The number of fused-ring (bicyclic) bond motifs is 1. The van der Waals surface area contributed by atoms with Crippen molar-refractivity contribution < 1.29 is 9.91 Å². The Balaban J connectivity index is 1.85. The number of nitro groups is 1. The van der Waals surface area contributed by atoms with Crippen LogP contribution in [0.3, 0.4) is 0 Å². The molecule has 134 valence electrons. The van der Waals surface area contributed by atoms with Gasteiger partial charge >= 0.3 is 0 Å². The zero-order valence-electron chi connectivity index (χ0n) is 14.8. The quantitative estimate of drug-likeness (QED) is 0.409. The van der Waals surface area contributed by atoms with E-state index in [-0.39, 0.29) is 16.7 Å². The second-order valence-electron chi connectivity index (χ2n) is 6.41. The molecule has 0 saturated heterocycles. The molecule has 0 aliphatic carbocycles. The lowest BCUT2D eigenvalue weighted by Crippen LogP contribution is -2.19. The predicted octanol–water partition coefficient (Wildman–Crippen LogP) is 4.40. The maximum atomic E-state index is 11.0. The molecule has 4 rings (SSSR count). The molecular formula is C21H19N4O2+. The Bertz CT molecular complexity index is 1090. The highest BCUT2D eigenvalue weighted by atomic mass is 16.6. The Morgan fingerprint density at radius 2 is 1.78 bits per heavy atom. The van der Waals surface area contributed by atoms with E-state index in [2.05, 4.69) is 21.4 Å². The summed E-state index contributed by atoms with van der Waals surface area (Å²) in [5, 5.41) is 15.7. The number of aryl methyl sites for hydroxylation is 1. The number of H-pyrrole nitrogens is 2. The first-order chi connectivity index (χ1) is 13.1. The molecule has 0 aliphatic rings. The summed E-state index contributed by atoms with van der Waals surface area (Å²) in [5.41, 5.74) is 4.28. The summed E-state index contributed by atoms with van der Waals surface area (Å²) in [6.07, 6.45) is 1.86. The topological polar surface area (TPSA) is 85.1 Å². The van der Waals surface area contributed by atoms with Crippen LogP contribution in [-0.4, -0.2) is 9.91 Å². The fourth-order valence-corrected chi connectivity index (χ4v) is 3.42. The predicted molar refractivity (Wildman–Crippen MR) is 105 cm³/mol. The number of hydrogen-bond donors (Lipinski definition) is 2. The van der Waals surface area contributed by atoms with Gasteiger partial charge in [0.2, 0.25) is 0 Å². The van der Waals surface area contributed by atoms with E-state index in [0.717, 1.165) is 33.5 Å². The molecule has 3 N–H and O–H groups in total. The van der Waals surface area contributed by atoms with Gasteiger partial charge in [-0.3, -0.25) is 15.4 Å². The van der Waals surface area contributed by atoms with E-state index in [1.54, 1.807) is 24.3 Å². The van der Waals surface area contributed by atoms with Crippen molar-refractivity contribution in [3.05, 3.63) is 99.9 Å². The summed E-state index contributed by atoms with van der Waals surface area (Å²) >= 11 is 0. The first-order valence-corrected chi connectivity index (χ1v) is 8.68. The number of nitrogens with zero attached hydrogens (tertiary/aromatic N) is 1. The van der Waals surface area contributed by atoms with Gasteiger partial charge in [-0.1, -0.05) is 24.3 Å². The largest absolute Gasteiger partial charge is 0.358 e. The highest BCUT2D eigenvalue weighted by Gasteiger charge is 2.25. The van der Waals surface area contributed by atoms with Crippen molar-refractivity contribution in [2.75, 3.05) is 5.32 Å². The van der Waals surface area contributed by atoms with Crippen LogP contribution >= 0.6 is 0 Å². The number of hydrogen-bond acceptors (Lipinski definition) is 3. The van der Waals surface area contributed by atoms with Gasteiger partial charge in [0.05, 0.1) is 11.1 Å². The van der Waals surface area contributed by atoms with Gasteiger partial charge in [-0.05, 0) is 31.2 Å². The number of nitrogens with one attached hydrogen (secondary N) is 3. The van der Waals surface area contributed by atoms with Gasteiger partial charge in [-0.15, -0.1) is 0 Å². The highest BCUT2D eigenvalue weighted by molar-refractivity contribution is 5.86. The van der Waals surface area contributed by atoms with Crippen LogP contribution in [0, 0.1) is 17.0 Å². The summed E-state index contributed by atoms with van der Waals surface area (Å²) in [6.45, 7) is 2.05. The fraction of sp³-hybridized carbons (Fsp3) is 0.0952. The number of benzene rings is 2. The number of nitro benzene ring substituents is 1. The molecule has 27 heavy (non-hydrogen) atoms. The standard InChI is InChI=1S/C21H18N4O2/c1-14-20(17-6-2-3-7-18(17)23-14)21(24-19-8-4-5-13-22-19)15-9-11-16(12-10-15)25(26)27/h2-13,21,23H,1H3,(H,22,24)/p+1/t21-/m1/s1. The number of rotatable bonds is 5.